The molecule has 1 aromatic heterocycles. The zero-order chi connectivity index (χ0) is 25.2. The molecule has 3 aromatic carbocycles. The van der Waals surface area contributed by atoms with Gasteiger partial charge in [0.1, 0.15) is 5.75 Å². The van der Waals surface area contributed by atoms with Gasteiger partial charge in [-0.3, -0.25) is 4.90 Å². The molecule has 0 spiro atoms. The fourth-order valence-corrected chi connectivity index (χ4v) is 4.23. The van der Waals surface area contributed by atoms with Gasteiger partial charge in [-0.05, 0) is 42.8 Å². The molecule has 1 aliphatic rings. The molecule has 0 bridgehead atoms. The van der Waals surface area contributed by atoms with Gasteiger partial charge in [-0.15, -0.1) is 0 Å². The fraction of sp³-hybridized carbons (Fsp3) is 0.148. The van der Waals surface area contributed by atoms with E-state index in [4.69, 9.17) is 14.0 Å². The molecule has 4 aromatic rings. The first-order valence-corrected chi connectivity index (χ1v) is 11.2. The zero-order valence-electron chi connectivity index (χ0n) is 19.9. The fourth-order valence-electron chi connectivity index (χ4n) is 4.23. The minimum absolute atomic E-state index is 0.120. The van der Waals surface area contributed by atoms with Crippen molar-refractivity contribution in [3.05, 3.63) is 95.8 Å². The van der Waals surface area contributed by atoms with Gasteiger partial charge in [0.05, 0.1) is 31.5 Å². The summed E-state index contributed by atoms with van der Waals surface area (Å²) in [6.07, 6.45) is 0. The highest BCUT2D eigenvalue weighted by Gasteiger charge is 2.36. The van der Waals surface area contributed by atoms with Crippen LogP contribution in [0.25, 0.3) is 17.0 Å². The van der Waals surface area contributed by atoms with Crippen molar-refractivity contribution in [2.24, 2.45) is 0 Å². The number of benzene rings is 3. The van der Waals surface area contributed by atoms with E-state index in [0.717, 1.165) is 5.56 Å². The molecule has 1 N–H and O–H groups in total. The van der Waals surface area contributed by atoms with Gasteiger partial charge >= 0.3 is 6.03 Å². The van der Waals surface area contributed by atoms with Crippen molar-refractivity contribution in [1.82, 2.24) is 15.5 Å². The lowest BCUT2D eigenvalue weighted by Gasteiger charge is -2.35. The molecule has 0 saturated carbocycles. The molecule has 9 heteroatoms. The summed E-state index contributed by atoms with van der Waals surface area (Å²) in [5, 5.41) is 7.14. The standard InChI is InChI=1S/C27H23FN4O4/c1-16-23(26-30-25(31-36-26)18-12-13-22(35-3)21(28)14-18)24(17-8-5-4-6-9-17)29-27(33)32(16)19-10-7-11-20(15-19)34-2/h4-15,24H,1-3H3,(H,29,33). The third-order valence-corrected chi connectivity index (χ3v) is 6.00. The molecule has 1 unspecified atom stereocenters. The lowest BCUT2D eigenvalue weighted by atomic mass is 9.94. The average Bonchev–Trinajstić information content (AvgIpc) is 3.38. The normalized spacial score (nSPS) is 15.6. The number of allylic oxidation sites excluding steroid dienone is 1. The summed E-state index contributed by atoms with van der Waals surface area (Å²) in [6.45, 7) is 1.82. The number of aromatic nitrogens is 2. The number of nitrogens with one attached hydrogen (secondary N) is 1. The topological polar surface area (TPSA) is 89.7 Å². The number of anilines is 1. The number of urea groups is 1. The summed E-state index contributed by atoms with van der Waals surface area (Å²) in [5.41, 5.74) is 3.13. The maximum Gasteiger partial charge on any atom is 0.327 e. The number of amides is 2. The second-order valence-corrected chi connectivity index (χ2v) is 8.10. The van der Waals surface area contributed by atoms with Crippen molar-refractivity contribution in [3.8, 4) is 22.9 Å². The zero-order valence-corrected chi connectivity index (χ0v) is 19.9. The predicted molar refractivity (Wildman–Crippen MR) is 132 cm³/mol. The third kappa shape index (κ3) is 4.15. The number of rotatable bonds is 6. The lowest BCUT2D eigenvalue weighted by molar-refractivity contribution is 0.244. The van der Waals surface area contributed by atoms with E-state index >= 15 is 0 Å². The van der Waals surface area contributed by atoms with Crippen LogP contribution < -0.4 is 19.7 Å². The molecule has 36 heavy (non-hydrogen) atoms. The quantitative estimate of drug-likeness (QED) is 0.382. The van der Waals surface area contributed by atoms with Gasteiger partial charge in [-0.1, -0.05) is 41.6 Å². The summed E-state index contributed by atoms with van der Waals surface area (Å²) in [6, 6.07) is 20.3. The van der Waals surface area contributed by atoms with Crippen LogP contribution in [0.1, 0.15) is 24.4 Å². The van der Waals surface area contributed by atoms with Crippen molar-refractivity contribution in [3.63, 3.8) is 0 Å². The van der Waals surface area contributed by atoms with Gasteiger partial charge in [0.15, 0.2) is 11.6 Å². The minimum Gasteiger partial charge on any atom is -0.497 e. The van der Waals surface area contributed by atoms with Crippen LogP contribution in [-0.2, 0) is 0 Å². The Morgan fingerprint density at radius 2 is 1.81 bits per heavy atom. The van der Waals surface area contributed by atoms with Gasteiger partial charge in [0.25, 0.3) is 5.89 Å². The Morgan fingerprint density at radius 1 is 1.00 bits per heavy atom. The first-order valence-electron chi connectivity index (χ1n) is 11.2. The Morgan fingerprint density at radius 3 is 2.53 bits per heavy atom. The molecule has 0 aliphatic carbocycles. The van der Waals surface area contributed by atoms with E-state index in [1.807, 2.05) is 43.3 Å². The van der Waals surface area contributed by atoms with Crippen LogP contribution in [0.5, 0.6) is 11.5 Å². The molecule has 8 nitrogen and oxygen atoms in total. The van der Waals surface area contributed by atoms with Crippen molar-refractivity contribution in [1.29, 1.82) is 0 Å². The van der Waals surface area contributed by atoms with Crippen LogP contribution in [-0.4, -0.2) is 30.4 Å². The molecule has 5 rings (SSSR count). The lowest BCUT2D eigenvalue weighted by Crippen LogP contribution is -2.46. The van der Waals surface area contributed by atoms with E-state index in [2.05, 4.69) is 15.5 Å². The maximum atomic E-state index is 14.3. The summed E-state index contributed by atoms with van der Waals surface area (Å²) in [4.78, 5) is 19.4. The molecule has 0 radical (unpaired) electrons. The number of methoxy groups -OCH3 is 2. The van der Waals surface area contributed by atoms with Crippen LogP contribution in [0.4, 0.5) is 14.9 Å². The molecule has 2 amide bonds. The molecular formula is C27H23FN4O4. The SMILES string of the molecule is COc1cccc(N2C(=O)NC(c3ccccc3)C(c3nc(-c4ccc(OC)c(F)c4)no3)=C2C)c1. The van der Waals surface area contributed by atoms with Crippen molar-refractivity contribution >= 4 is 17.3 Å². The monoisotopic (exact) mass is 486 g/mol. The van der Waals surface area contributed by atoms with E-state index < -0.39 is 11.9 Å². The summed E-state index contributed by atoms with van der Waals surface area (Å²) < 4.78 is 30.3. The van der Waals surface area contributed by atoms with Gasteiger partial charge in [-0.25, -0.2) is 9.18 Å². The molecular weight excluding hydrogens is 463 g/mol. The van der Waals surface area contributed by atoms with Crippen LogP contribution in [0.2, 0.25) is 0 Å². The highest BCUT2D eigenvalue weighted by Crippen LogP contribution is 2.39. The number of hydrogen-bond acceptors (Lipinski definition) is 6. The Kier molecular flexibility index (Phi) is 6.12. The van der Waals surface area contributed by atoms with E-state index in [1.54, 1.807) is 31.4 Å². The predicted octanol–water partition coefficient (Wildman–Crippen LogP) is 5.60. The summed E-state index contributed by atoms with van der Waals surface area (Å²) >= 11 is 0. The smallest absolute Gasteiger partial charge is 0.327 e. The van der Waals surface area contributed by atoms with Gasteiger partial charge in [0.2, 0.25) is 5.82 Å². The van der Waals surface area contributed by atoms with Crippen LogP contribution >= 0.6 is 0 Å². The number of nitrogens with zero attached hydrogens (tertiary/aromatic N) is 3. The maximum absolute atomic E-state index is 14.3. The third-order valence-electron chi connectivity index (χ3n) is 6.00. The largest absolute Gasteiger partial charge is 0.497 e. The van der Waals surface area contributed by atoms with Crippen LogP contribution in [0, 0.1) is 5.82 Å². The highest BCUT2D eigenvalue weighted by atomic mass is 19.1. The second kappa shape index (κ2) is 9.53. The van der Waals surface area contributed by atoms with Crippen molar-refractivity contribution in [2.75, 3.05) is 19.1 Å². The van der Waals surface area contributed by atoms with Crippen LogP contribution in [0.3, 0.4) is 0 Å². The highest BCUT2D eigenvalue weighted by molar-refractivity contribution is 6.01. The van der Waals surface area contributed by atoms with E-state index in [9.17, 15) is 9.18 Å². The van der Waals surface area contributed by atoms with Crippen molar-refractivity contribution < 1.29 is 23.2 Å². The number of carbonyl (C=O) groups excluding carboxylic acids is 1. The average molecular weight is 487 g/mol. The molecule has 0 fully saturated rings. The van der Waals surface area contributed by atoms with Crippen molar-refractivity contribution in [2.45, 2.75) is 13.0 Å². The first-order chi connectivity index (χ1) is 17.5. The Bertz CT molecular complexity index is 1450. The minimum atomic E-state index is -0.540. The Hall–Kier alpha value is -4.66. The summed E-state index contributed by atoms with van der Waals surface area (Å²) in [7, 11) is 2.96. The molecule has 1 aliphatic heterocycles. The number of hydrogen-bond donors (Lipinski definition) is 1. The molecule has 182 valence electrons. The second-order valence-electron chi connectivity index (χ2n) is 8.10. The number of halogens is 1. The van der Waals surface area contributed by atoms with Gasteiger partial charge in [0, 0.05) is 17.3 Å². The molecule has 2 heterocycles. The number of carbonyl (C=O) groups is 1. The van der Waals surface area contributed by atoms with E-state index in [-0.39, 0.29) is 23.5 Å². The van der Waals surface area contributed by atoms with Gasteiger partial charge in [-0.2, -0.15) is 4.98 Å². The van der Waals surface area contributed by atoms with Crippen LogP contribution in [0.15, 0.2) is 83.0 Å². The molecule has 0 saturated heterocycles. The Balaban J connectivity index is 1.63. The van der Waals surface area contributed by atoms with E-state index in [1.165, 1.54) is 24.1 Å². The first kappa shape index (κ1) is 23.1. The summed E-state index contributed by atoms with van der Waals surface area (Å²) in [5.74, 6) is 0.618. The van der Waals surface area contributed by atoms with Gasteiger partial charge < -0.3 is 19.3 Å². The molecule has 1 atom stereocenters. The Labute approximate surface area is 207 Å². The number of ether oxygens (including phenoxy) is 2. The van der Waals surface area contributed by atoms with E-state index in [0.29, 0.717) is 28.3 Å².